The summed E-state index contributed by atoms with van der Waals surface area (Å²) in [7, 11) is -4.00. The van der Waals surface area contributed by atoms with Gasteiger partial charge in [-0.05, 0) is 19.0 Å². The SMILES string of the molecule is O=[N+]([O-])c1ccc(S(=O)(=O)N[C@@H]2CCNC2)c(F)c1. The second-order valence-electron chi connectivity index (χ2n) is 4.18. The third kappa shape index (κ3) is 3.06. The number of benzene rings is 1. The Balaban J connectivity index is 2.27. The fourth-order valence-corrected chi connectivity index (χ4v) is 3.19. The Labute approximate surface area is 109 Å². The van der Waals surface area contributed by atoms with Gasteiger partial charge in [0.25, 0.3) is 5.69 Å². The van der Waals surface area contributed by atoms with Crippen LogP contribution in [0.5, 0.6) is 0 Å². The lowest BCUT2D eigenvalue weighted by Crippen LogP contribution is -2.36. The fraction of sp³-hybridized carbons (Fsp3) is 0.400. The van der Waals surface area contributed by atoms with Crippen LogP contribution in [0.1, 0.15) is 6.42 Å². The summed E-state index contributed by atoms with van der Waals surface area (Å²) < 4.78 is 39.9. The molecule has 9 heteroatoms. The van der Waals surface area contributed by atoms with Crippen molar-refractivity contribution in [1.82, 2.24) is 10.0 Å². The average molecular weight is 289 g/mol. The molecule has 7 nitrogen and oxygen atoms in total. The van der Waals surface area contributed by atoms with E-state index in [1.165, 1.54) is 0 Å². The highest BCUT2D eigenvalue weighted by Gasteiger charge is 2.26. The lowest BCUT2D eigenvalue weighted by molar-refractivity contribution is -0.385. The van der Waals surface area contributed by atoms with Crippen LogP contribution in [-0.4, -0.2) is 32.5 Å². The summed E-state index contributed by atoms with van der Waals surface area (Å²) in [5.41, 5.74) is -0.487. The van der Waals surface area contributed by atoms with Gasteiger partial charge >= 0.3 is 0 Å². The van der Waals surface area contributed by atoms with Crippen molar-refractivity contribution in [3.63, 3.8) is 0 Å². The topological polar surface area (TPSA) is 101 Å². The summed E-state index contributed by atoms with van der Waals surface area (Å²) in [6.07, 6.45) is 0.619. The first kappa shape index (κ1) is 13.8. The van der Waals surface area contributed by atoms with Gasteiger partial charge in [0, 0.05) is 18.7 Å². The Bertz CT molecular complexity index is 599. The molecule has 0 radical (unpaired) electrons. The molecule has 0 bridgehead atoms. The van der Waals surface area contributed by atoms with E-state index in [4.69, 9.17) is 0 Å². The second-order valence-corrected chi connectivity index (χ2v) is 5.87. The van der Waals surface area contributed by atoms with Gasteiger partial charge in [0.15, 0.2) is 0 Å². The highest BCUT2D eigenvalue weighted by molar-refractivity contribution is 7.89. The third-order valence-electron chi connectivity index (χ3n) is 2.80. The first-order valence-corrected chi connectivity index (χ1v) is 7.05. The molecule has 1 heterocycles. The molecule has 0 aromatic heterocycles. The summed E-state index contributed by atoms with van der Waals surface area (Å²) in [6, 6.07) is 2.17. The summed E-state index contributed by atoms with van der Waals surface area (Å²) in [5, 5.41) is 13.4. The summed E-state index contributed by atoms with van der Waals surface area (Å²) in [6.45, 7) is 1.17. The molecule has 2 rings (SSSR count). The Morgan fingerprint density at radius 1 is 1.47 bits per heavy atom. The normalized spacial score (nSPS) is 19.5. The van der Waals surface area contributed by atoms with Crippen molar-refractivity contribution in [2.75, 3.05) is 13.1 Å². The number of hydrogen-bond donors (Lipinski definition) is 2. The molecule has 1 aliphatic heterocycles. The minimum absolute atomic E-state index is 0.292. The number of non-ortho nitro benzene ring substituents is 1. The van der Waals surface area contributed by atoms with Crippen molar-refractivity contribution in [2.45, 2.75) is 17.4 Å². The Hall–Kier alpha value is -1.58. The smallest absolute Gasteiger partial charge is 0.272 e. The Morgan fingerprint density at radius 3 is 2.74 bits per heavy atom. The van der Waals surface area contributed by atoms with E-state index >= 15 is 0 Å². The molecule has 1 fully saturated rings. The maximum Gasteiger partial charge on any atom is 0.272 e. The van der Waals surface area contributed by atoms with Crippen LogP contribution in [-0.2, 0) is 10.0 Å². The second kappa shape index (κ2) is 5.19. The van der Waals surface area contributed by atoms with Crippen LogP contribution < -0.4 is 10.0 Å². The minimum Gasteiger partial charge on any atom is -0.315 e. The fourth-order valence-electron chi connectivity index (χ4n) is 1.86. The number of halogens is 1. The van der Waals surface area contributed by atoms with E-state index in [2.05, 4.69) is 10.0 Å². The van der Waals surface area contributed by atoms with E-state index in [-0.39, 0.29) is 6.04 Å². The predicted molar refractivity (Wildman–Crippen MR) is 64.7 cm³/mol. The van der Waals surface area contributed by atoms with Crippen molar-refractivity contribution >= 4 is 15.7 Å². The molecule has 1 atom stereocenters. The van der Waals surface area contributed by atoms with E-state index in [0.717, 1.165) is 12.1 Å². The molecule has 0 amide bonds. The van der Waals surface area contributed by atoms with Crippen LogP contribution in [0, 0.1) is 15.9 Å². The van der Waals surface area contributed by atoms with Crippen molar-refractivity contribution in [1.29, 1.82) is 0 Å². The van der Waals surface area contributed by atoms with E-state index in [0.29, 0.717) is 25.6 Å². The van der Waals surface area contributed by atoms with Crippen molar-refractivity contribution in [2.24, 2.45) is 0 Å². The van der Waals surface area contributed by atoms with Gasteiger partial charge in [0.05, 0.1) is 11.0 Å². The van der Waals surface area contributed by atoms with E-state index in [1.54, 1.807) is 0 Å². The van der Waals surface area contributed by atoms with Gasteiger partial charge in [-0.15, -0.1) is 0 Å². The molecule has 1 aromatic rings. The monoisotopic (exact) mass is 289 g/mol. The molecular formula is C10H12FN3O4S. The molecule has 104 valence electrons. The quantitative estimate of drug-likeness (QED) is 0.616. The highest BCUT2D eigenvalue weighted by Crippen LogP contribution is 2.20. The van der Waals surface area contributed by atoms with Crippen LogP contribution in [0.2, 0.25) is 0 Å². The number of rotatable bonds is 4. The van der Waals surface area contributed by atoms with Crippen molar-refractivity contribution < 1.29 is 17.7 Å². The largest absolute Gasteiger partial charge is 0.315 e. The van der Waals surface area contributed by atoms with Crippen LogP contribution in [0.15, 0.2) is 23.1 Å². The lowest BCUT2D eigenvalue weighted by atomic mass is 10.3. The number of nitro groups is 1. The zero-order valence-corrected chi connectivity index (χ0v) is 10.6. The Morgan fingerprint density at radius 2 is 2.21 bits per heavy atom. The molecule has 1 aliphatic rings. The maximum atomic E-state index is 13.6. The van der Waals surface area contributed by atoms with Crippen LogP contribution >= 0.6 is 0 Å². The van der Waals surface area contributed by atoms with Gasteiger partial charge in [-0.1, -0.05) is 0 Å². The number of nitrogens with one attached hydrogen (secondary N) is 2. The number of hydrogen-bond acceptors (Lipinski definition) is 5. The Kier molecular flexibility index (Phi) is 3.78. The molecular weight excluding hydrogens is 277 g/mol. The molecule has 19 heavy (non-hydrogen) atoms. The van der Waals surface area contributed by atoms with E-state index in [9.17, 15) is 22.9 Å². The van der Waals surface area contributed by atoms with Gasteiger partial charge in [-0.3, -0.25) is 10.1 Å². The van der Waals surface area contributed by atoms with Gasteiger partial charge in [-0.2, -0.15) is 0 Å². The first-order chi connectivity index (χ1) is 8.90. The first-order valence-electron chi connectivity index (χ1n) is 5.57. The zero-order valence-electron chi connectivity index (χ0n) is 9.80. The zero-order chi connectivity index (χ0) is 14.0. The summed E-state index contributed by atoms with van der Waals surface area (Å²) >= 11 is 0. The van der Waals surface area contributed by atoms with Crippen molar-refractivity contribution in [3.05, 3.63) is 34.1 Å². The van der Waals surface area contributed by atoms with Gasteiger partial charge in [0.1, 0.15) is 10.7 Å². The van der Waals surface area contributed by atoms with E-state index in [1.807, 2.05) is 0 Å². The number of sulfonamides is 1. The third-order valence-corrected chi connectivity index (χ3v) is 4.35. The predicted octanol–water partition coefficient (Wildman–Crippen LogP) is 0.374. The average Bonchev–Trinajstić information content (AvgIpc) is 2.80. The molecule has 1 aromatic carbocycles. The van der Waals surface area contributed by atoms with Gasteiger partial charge in [0.2, 0.25) is 10.0 Å². The van der Waals surface area contributed by atoms with Gasteiger partial charge in [-0.25, -0.2) is 17.5 Å². The lowest BCUT2D eigenvalue weighted by Gasteiger charge is -2.12. The molecule has 2 N–H and O–H groups in total. The number of nitro benzene ring substituents is 1. The summed E-state index contributed by atoms with van der Waals surface area (Å²) in [5.74, 6) is -1.13. The molecule has 0 unspecified atom stereocenters. The minimum atomic E-state index is -4.00. The van der Waals surface area contributed by atoms with E-state index < -0.39 is 31.3 Å². The van der Waals surface area contributed by atoms with Crippen LogP contribution in [0.25, 0.3) is 0 Å². The molecule has 0 aliphatic carbocycles. The van der Waals surface area contributed by atoms with Crippen LogP contribution in [0.4, 0.5) is 10.1 Å². The number of nitrogens with zero attached hydrogens (tertiary/aromatic N) is 1. The van der Waals surface area contributed by atoms with Crippen LogP contribution in [0.3, 0.4) is 0 Å². The highest BCUT2D eigenvalue weighted by atomic mass is 32.2. The molecule has 0 saturated carbocycles. The van der Waals surface area contributed by atoms with Gasteiger partial charge < -0.3 is 5.32 Å². The summed E-state index contributed by atoms with van der Waals surface area (Å²) in [4.78, 5) is 9.10. The maximum absolute atomic E-state index is 13.6. The molecule has 1 saturated heterocycles. The molecule has 0 spiro atoms. The standard InChI is InChI=1S/C10H12FN3O4S/c11-9-5-8(14(15)16)1-2-10(9)19(17,18)13-7-3-4-12-6-7/h1-2,5,7,12-13H,3-4,6H2/t7-/m1/s1. The van der Waals surface area contributed by atoms with Crippen molar-refractivity contribution in [3.8, 4) is 0 Å².